The number of phenols is 1. The lowest BCUT2D eigenvalue weighted by Crippen LogP contribution is -2.37. The molecule has 1 heterocycles. The van der Waals surface area contributed by atoms with Gasteiger partial charge in [0.1, 0.15) is 36.6 Å². The summed E-state index contributed by atoms with van der Waals surface area (Å²) in [5.74, 6) is 0.194. The monoisotopic (exact) mass is 551 g/mol. The van der Waals surface area contributed by atoms with Crippen LogP contribution in [0.4, 0.5) is 0 Å². The third-order valence-electron chi connectivity index (χ3n) is 6.77. The van der Waals surface area contributed by atoms with Crippen molar-refractivity contribution in [3.05, 3.63) is 114 Å². The number of aliphatic hydroxyl groups is 1. The molecule has 1 atom stereocenters. The molecule has 5 aromatic rings. The number of amides is 1. The maximum absolute atomic E-state index is 11.5. The number of carbonyl (C=O) groups excluding carboxylic acids is 1. The van der Waals surface area contributed by atoms with Crippen molar-refractivity contribution in [3.63, 3.8) is 0 Å². The van der Waals surface area contributed by atoms with Gasteiger partial charge in [0.2, 0.25) is 0 Å². The Hall–Kier alpha value is -4.79. The second-order valence-corrected chi connectivity index (χ2v) is 9.84. The lowest BCUT2D eigenvalue weighted by atomic mass is 10.1. The van der Waals surface area contributed by atoms with Crippen LogP contribution in [-0.2, 0) is 6.54 Å². The number of nitrogens with one attached hydrogen (secondary N) is 1. The number of aromatic nitrogens is 1. The third kappa shape index (κ3) is 7.25. The van der Waals surface area contributed by atoms with Crippen LogP contribution in [0.5, 0.6) is 17.2 Å². The van der Waals surface area contributed by atoms with Gasteiger partial charge in [0.15, 0.2) is 0 Å². The smallest absolute Gasteiger partial charge is 0.252 e. The van der Waals surface area contributed by atoms with E-state index in [0.717, 1.165) is 27.7 Å². The van der Waals surface area contributed by atoms with Gasteiger partial charge in [-0.15, -0.1) is 0 Å². The minimum Gasteiger partial charge on any atom is -0.507 e. The Morgan fingerprint density at radius 1 is 0.902 bits per heavy atom. The standard InChI is InChI=1S/C33H33N3O5/c34-33(39)28-19-26(14-15-31(28)38)40-17-16-36(20-23-8-2-1-3-9-23)21-25(37)22-41-32-13-7-5-11-27(32)30-18-24-10-4-6-12-29(24)35-30/h1-15,18-19,25,35,37-38H,16-17,20-22H2,(H2,34,39). The molecule has 8 heteroatoms. The van der Waals surface area contributed by atoms with E-state index in [0.29, 0.717) is 37.7 Å². The van der Waals surface area contributed by atoms with Crippen LogP contribution in [-0.4, -0.2) is 58.4 Å². The van der Waals surface area contributed by atoms with Crippen LogP contribution >= 0.6 is 0 Å². The summed E-state index contributed by atoms with van der Waals surface area (Å²) in [7, 11) is 0. The summed E-state index contributed by atoms with van der Waals surface area (Å²) in [4.78, 5) is 17.1. The maximum atomic E-state index is 11.5. The zero-order chi connectivity index (χ0) is 28.6. The third-order valence-corrected chi connectivity index (χ3v) is 6.77. The number of H-pyrrole nitrogens is 1. The van der Waals surface area contributed by atoms with Crippen LogP contribution in [0.3, 0.4) is 0 Å². The van der Waals surface area contributed by atoms with Crippen molar-refractivity contribution in [2.45, 2.75) is 12.6 Å². The van der Waals surface area contributed by atoms with Crippen molar-refractivity contribution >= 4 is 16.8 Å². The number of aliphatic hydroxyl groups excluding tert-OH is 1. The highest BCUT2D eigenvalue weighted by Crippen LogP contribution is 2.31. The average molecular weight is 552 g/mol. The molecule has 0 aliphatic rings. The number of nitrogens with two attached hydrogens (primary N) is 1. The molecule has 0 aliphatic carbocycles. The van der Waals surface area contributed by atoms with E-state index in [-0.39, 0.29) is 17.9 Å². The SMILES string of the molecule is NC(=O)c1cc(OCCN(Cc2ccccc2)CC(O)COc2ccccc2-c2cc3ccccc3[nH]2)ccc1O. The number of para-hydroxylation sites is 2. The number of carbonyl (C=O) groups is 1. The van der Waals surface area contributed by atoms with Crippen molar-refractivity contribution < 1.29 is 24.5 Å². The first kappa shape index (κ1) is 27.8. The van der Waals surface area contributed by atoms with Gasteiger partial charge in [-0.1, -0.05) is 60.7 Å². The molecule has 0 bridgehead atoms. The summed E-state index contributed by atoms with van der Waals surface area (Å²) in [6.07, 6.45) is -0.760. The molecule has 210 valence electrons. The normalized spacial score (nSPS) is 12.0. The van der Waals surface area contributed by atoms with Gasteiger partial charge < -0.3 is 30.4 Å². The molecule has 0 spiro atoms. The maximum Gasteiger partial charge on any atom is 0.252 e. The van der Waals surface area contributed by atoms with Crippen molar-refractivity contribution in [2.75, 3.05) is 26.3 Å². The van der Waals surface area contributed by atoms with E-state index in [2.05, 4.69) is 22.0 Å². The molecular formula is C33H33N3O5. The van der Waals surface area contributed by atoms with Crippen molar-refractivity contribution in [1.29, 1.82) is 0 Å². The summed E-state index contributed by atoms with van der Waals surface area (Å²) in [5, 5.41) is 21.9. The number of ether oxygens (including phenoxy) is 2. The molecule has 0 saturated carbocycles. The number of benzene rings is 4. The Bertz CT molecular complexity index is 1570. The van der Waals surface area contributed by atoms with E-state index in [1.165, 1.54) is 12.1 Å². The largest absolute Gasteiger partial charge is 0.507 e. The number of rotatable bonds is 13. The number of primary amides is 1. The minimum absolute atomic E-state index is 0.00365. The van der Waals surface area contributed by atoms with Gasteiger partial charge in [-0.25, -0.2) is 0 Å². The molecule has 0 radical (unpaired) electrons. The van der Waals surface area contributed by atoms with Crippen molar-refractivity contribution in [3.8, 4) is 28.5 Å². The van der Waals surface area contributed by atoms with Crippen LogP contribution in [0.15, 0.2) is 103 Å². The fraction of sp³-hybridized carbons (Fsp3) is 0.182. The lowest BCUT2D eigenvalue weighted by Gasteiger charge is -2.25. The Labute approximate surface area is 238 Å². The highest BCUT2D eigenvalue weighted by atomic mass is 16.5. The molecule has 0 aliphatic heterocycles. The summed E-state index contributed by atoms with van der Waals surface area (Å²) >= 11 is 0. The fourth-order valence-corrected chi connectivity index (χ4v) is 4.74. The first-order valence-electron chi connectivity index (χ1n) is 13.5. The number of aromatic hydroxyl groups is 1. The summed E-state index contributed by atoms with van der Waals surface area (Å²) in [6, 6.07) is 32.4. The van der Waals surface area contributed by atoms with Gasteiger partial charge in [-0.05, 0) is 48.0 Å². The highest BCUT2D eigenvalue weighted by molar-refractivity contribution is 5.95. The zero-order valence-electron chi connectivity index (χ0n) is 22.6. The van der Waals surface area contributed by atoms with Gasteiger partial charge in [-0.2, -0.15) is 0 Å². The van der Waals surface area contributed by atoms with E-state index in [4.69, 9.17) is 15.2 Å². The van der Waals surface area contributed by atoms with E-state index in [9.17, 15) is 15.0 Å². The molecule has 1 unspecified atom stereocenters. The molecule has 0 fully saturated rings. The molecular weight excluding hydrogens is 518 g/mol. The van der Waals surface area contributed by atoms with Gasteiger partial charge in [0.25, 0.3) is 5.91 Å². The Kier molecular flexibility index (Phi) is 8.83. The summed E-state index contributed by atoms with van der Waals surface area (Å²) in [5.41, 5.74) is 9.36. The Morgan fingerprint density at radius 2 is 1.66 bits per heavy atom. The minimum atomic E-state index is -0.760. The number of nitrogens with zero attached hydrogens (tertiary/aromatic N) is 1. The van der Waals surface area contributed by atoms with Crippen LogP contribution < -0.4 is 15.2 Å². The highest BCUT2D eigenvalue weighted by Gasteiger charge is 2.16. The van der Waals surface area contributed by atoms with Crippen LogP contribution in [0.25, 0.3) is 22.2 Å². The molecule has 1 aromatic heterocycles. The van der Waals surface area contributed by atoms with Crippen LogP contribution in [0.1, 0.15) is 15.9 Å². The summed E-state index contributed by atoms with van der Waals surface area (Å²) < 4.78 is 12.0. The van der Waals surface area contributed by atoms with E-state index in [1.807, 2.05) is 72.8 Å². The molecule has 4 aromatic carbocycles. The average Bonchev–Trinajstić information content (AvgIpc) is 3.42. The van der Waals surface area contributed by atoms with Crippen LogP contribution in [0, 0.1) is 0 Å². The zero-order valence-corrected chi connectivity index (χ0v) is 22.6. The lowest BCUT2D eigenvalue weighted by molar-refractivity contribution is 0.0606. The molecule has 5 N–H and O–H groups in total. The second kappa shape index (κ2) is 13.0. The molecule has 5 rings (SSSR count). The van der Waals surface area contributed by atoms with Gasteiger partial charge in [0, 0.05) is 36.1 Å². The Morgan fingerprint density at radius 3 is 2.46 bits per heavy atom. The van der Waals surface area contributed by atoms with E-state index in [1.54, 1.807) is 6.07 Å². The predicted octanol–water partition coefficient (Wildman–Crippen LogP) is 4.96. The first-order valence-corrected chi connectivity index (χ1v) is 13.5. The number of aromatic amines is 1. The Balaban J connectivity index is 1.22. The predicted molar refractivity (Wildman–Crippen MR) is 159 cm³/mol. The van der Waals surface area contributed by atoms with Crippen molar-refractivity contribution in [2.24, 2.45) is 5.73 Å². The van der Waals surface area contributed by atoms with E-state index >= 15 is 0 Å². The second-order valence-electron chi connectivity index (χ2n) is 9.84. The molecule has 41 heavy (non-hydrogen) atoms. The van der Waals surface area contributed by atoms with Crippen LogP contribution in [0.2, 0.25) is 0 Å². The summed E-state index contributed by atoms with van der Waals surface area (Å²) in [6.45, 7) is 1.88. The topological polar surface area (TPSA) is 121 Å². The number of fused-ring (bicyclic) bond motifs is 1. The molecule has 1 amide bonds. The molecule has 0 saturated heterocycles. The van der Waals surface area contributed by atoms with Gasteiger partial charge in [-0.3, -0.25) is 9.69 Å². The van der Waals surface area contributed by atoms with Crippen molar-refractivity contribution in [1.82, 2.24) is 9.88 Å². The van der Waals surface area contributed by atoms with Gasteiger partial charge >= 0.3 is 0 Å². The fourth-order valence-electron chi connectivity index (χ4n) is 4.74. The van der Waals surface area contributed by atoms with Gasteiger partial charge in [0.05, 0.1) is 11.3 Å². The number of hydrogen-bond donors (Lipinski definition) is 4. The molecule has 8 nitrogen and oxygen atoms in total. The quantitative estimate of drug-likeness (QED) is 0.164. The number of hydrogen-bond acceptors (Lipinski definition) is 6. The van der Waals surface area contributed by atoms with E-state index < -0.39 is 12.0 Å². The first-order chi connectivity index (χ1) is 20.0.